The van der Waals surface area contributed by atoms with E-state index in [1.807, 2.05) is 93.6 Å². The van der Waals surface area contributed by atoms with Gasteiger partial charge >= 0.3 is 6.09 Å². The number of aryl methyl sites for hydroxylation is 1. The number of anilines is 1. The number of alkyl carbamates (subject to hydrolysis) is 1. The zero-order chi connectivity index (χ0) is 85.1. The maximum absolute atomic E-state index is 13.2. The Morgan fingerprint density at radius 3 is 1.12 bits per heavy atom. The van der Waals surface area contributed by atoms with E-state index in [0.29, 0.717) is 57.0 Å². The van der Waals surface area contributed by atoms with E-state index in [4.69, 9.17) is 83.7 Å². The average Bonchev–Trinajstić information content (AvgIpc) is 1.62. The summed E-state index contributed by atoms with van der Waals surface area (Å²) >= 11 is 11.8. The maximum Gasteiger partial charge on any atom is 0.407 e. The van der Waals surface area contributed by atoms with E-state index in [1.54, 1.807) is 0 Å². The summed E-state index contributed by atoms with van der Waals surface area (Å²) in [5.41, 5.74) is 22.0. The Morgan fingerprint density at radius 2 is 0.772 bits per heavy atom. The molecule has 114 heavy (non-hydrogen) atoms. The Hall–Kier alpha value is -12.3. The Kier molecular flexibility index (Phi) is 47.4. The summed E-state index contributed by atoms with van der Waals surface area (Å²) in [6.07, 6.45) is 34.2. The molecule has 0 bridgehead atoms. The van der Waals surface area contributed by atoms with Crippen molar-refractivity contribution in [1.29, 1.82) is 0 Å². The molecule has 1 aliphatic carbocycles. The minimum atomic E-state index is -0.782. The minimum absolute atomic E-state index is 0.0689. The van der Waals surface area contributed by atoms with Crippen LogP contribution in [0.25, 0.3) is 11.1 Å². The molecular weight excluding hydrogens is 1510 g/mol. The molecule has 0 aliphatic heterocycles. The third-order valence-electron chi connectivity index (χ3n) is 16.8. The standard InChI is InChI=1S/C33H37N5O6.C31H42Cl2N6O5.C17H25N5O4/c1-5-16-36(20-29(39)34-4)31(41)22-38(18-7-3)32(42)21-37(17-6-2)30(40)19-35-33(43)44-23-28-26-14-10-8-12-24(26)25-13-9-11-15-27(25)28;1-4-16-37(22-27(34)40)30(43)24-39(18-6-3)31(44)23-38(17-5-2)29(42)21-35-28(41)9-7-8-25-10-12-26(13-11-25)36(19-14-32)20-15-33;1-4-7-20(11-14(19)23)16(25)13-22(9-6-3)17(26)12-21(8-5-2)15(24)10-18/h1-2,8-15,28H,7,16-23H2,3-4H3,(H,34,39)(H,35,43);1-2,10-13H,6-9,14-24H2,3H3,(H2,34,40)(H,35,41);1-2H,6-13,18H2,3H3,(H2,19,23). The number of halogens is 2. The van der Waals surface area contributed by atoms with Gasteiger partial charge in [-0.15, -0.1) is 61.7 Å². The number of amides is 14. The van der Waals surface area contributed by atoms with E-state index in [9.17, 15) is 67.1 Å². The van der Waals surface area contributed by atoms with Crippen LogP contribution >= 0.6 is 23.2 Å². The van der Waals surface area contributed by atoms with Crippen molar-refractivity contribution in [2.24, 2.45) is 17.2 Å². The molecule has 0 spiro atoms. The van der Waals surface area contributed by atoms with Crippen molar-refractivity contribution in [3.05, 3.63) is 89.5 Å². The zero-order valence-electron chi connectivity index (χ0n) is 65.2. The fourth-order valence-electron chi connectivity index (χ4n) is 11.3. The van der Waals surface area contributed by atoms with Gasteiger partial charge in [0.15, 0.2) is 0 Å². The number of nitrogens with zero attached hydrogens (tertiary/aromatic N) is 10. The first-order valence-corrected chi connectivity index (χ1v) is 37.6. The van der Waals surface area contributed by atoms with Crippen molar-refractivity contribution in [2.45, 2.75) is 65.2 Å². The number of nitrogens with one attached hydrogen (secondary N) is 3. The van der Waals surface area contributed by atoms with Crippen molar-refractivity contribution in [1.82, 2.24) is 60.0 Å². The zero-order valence-corrected chi connectivity index (χ0v) is 66.7. The molecule has 3 aromatic carbocycles. The molecule has 31 nitrogen and oxygen atoms in total. The van der Waals surface area contributed by atoms with Crippen molar-refractivity contribution in [2.75, 3.05) is 181 Å². The van der Waals surface area contributed by atoms with Crippen LogP contribution < -0.4 is 38.1 Å². The molecule has 0 heterocycles. The fourth-order valence-corrected chi connectivity index (χ4v) is 11.7. The van der Waals surface area contributed by atoms with Gasteiger partial charge in [-0.2, -0.15) is 0 Å². The second kappa shape index (κ2) is 55.2. The van der Waals surface area contributed by atoms with Crippen LogP contribution in [0.3, 0.4) is 0 Å². The maximum atomic E-state index is 13.2. The molecule has 0 unspecified atom stereocenters. The summed E-state index contributed by atoms with van der Waals surface area (Å²) in [7, 11) is 1.44. The third-order valence-corrected chi connectivity index (χ3v) is 17.2. The predicted octanol–water partition coefficient (Wildman–Crippen LogP) is 0.0829. The molecule has 14 amide bonds. The smallest absolute Gasteiger partial charge is 0.407 e. The highest BCUT2D eigenvalue weighted by molar-refractivity contribution is 6.18. The first kappa shape index (κ1) is 97.8. The molecule has 0 saturated heterocycles. The van der Waals surface area contributed by atoms with Crippen molar-refractivity contribution in [3.63, 3.8) is 0 Å². The summed E-state index contributed by atoms with van der Waals surface area (Å²) in [5, 5.41) is 7.46. The van der Waals surface area contributed by atoms with Crippen LogP contribution in [-0.2, 0) is 73.5 Å². The second-order valence-electron chi connectivity index (χ2n) is 25.3. The van der Waals surface area contributed by atoms with Gasteiger partial charge in [0.1, 0.15) is 52.4 Å². The van der Waals surface area contributed by atoms with Gasteiger partial charge in [0.25, 0.3) is 0 Å². The third kappa shape index (κ3) is 35.4. The number of carbonyl (C=O) groups excluding carboxylic acids is 14. The van der Waals surface area contributed by atoms with Crippen LogP contribution in [0.2, 0.25) is 0 Å². The SMILES string of the molecule is C#CCN(CC(=O)NC)C(=O)CN(CCC)C(=O)CN(CC#C)C(=O)CNC(=O)OCC1c2ccccc2-c2ccccc21.C#CCN(CC(N)=O)C(=O)CN(CCC)C(=O)CN(CC#C)C(=O)CN.C#CCN(CC(N)=O)C(=O)CN(CCC)C(=O)CN(CC#C)C(=O)CNC(=O)CCCc1ccc(N(CCCl)CCCl)cc1. The molecule has 4 rings (SSSR count). The molecule has 612 valence electrons. The molecule has 9 N–H and O–H groups in total. The Bertz CT molecular complexity index is 3970. The minimum Gasteiger partial charge on any atom is -0.449 e. The van der Waals surface area contributed by atoms with Crippen molar-refractivity contribution in [3.8, 4) is 85.2 Å². The molecular formula is C81H104Cl2N16O15. The van der Waals surface area contributed by atoms with Gasteiger partial charge in [-0.25, -0.2) is 4.79 Å². The van der Waals surface area contributed by atoms with E-state index >= 15 is 0 Å². The largest absolute Gasteiger partial charge is 0.449 e. The van der Waals surface area contributed by atoms with Gasteiger partial charge in [0.05, 0.1) is 72.0 Å². The number of benzene rings is 3. The first-order chi connectivity index (χ1) is 54.6. The van der Waals surface area contributed by atoms with Gasteiger partial charge in [-0.3, -0.25) is 62.3 Å². The molecule has 0 fully saturated rings. The monoisotopic (exact) mass is 1610 g/mol. The second-order valence-corrected chi connectivity index (χ2v) is 26.1. The Balaban J connectivity index is 0.000000602. The average molecular weight is 1610 g/mol. The number of primary amides is 2. The van der Waals surface area contributed by atoms with Crippen LogP contribution in [0.4, 0.5) is 10.5 Å². The molecule has 0 atom stereocenters. The van der Waals surface area contributed by atoms with E-state index in [2.05, 4.69) is 56.4 Å². The van der Waals surface area contributed by atoms with E-state index < -0.39 is 90.1 Å². The van der Waals surface area contributed by atoms with E-state index in [0.717, 1.165) is 62.9 Å². The number of likely N-dealkylation sites (N-methyl/N-ethyl adjacent to an activating group) is 1. The molecule has 3 aromatic rings. The lowest BCUT2D eigenvalue weighted by atomic mass is 9.98. The summed E-state index contributed by atoms with van der Waals surface area (Å²) in [5.74, 6) is 7.86. The number of alkyl halides is 2. The van der Waals surface area contributed by atoms with Crippen LogP contribution in [0.15, 0.2) is 72.8 Å². The molecule has 0 saturated carbocycles. The lowest BCUT2D eigenvalue weighted by Crippen LogP contribution is -2.50. The molecule has 0 radical (unpaired) electrons. The van der Waals surface area contributed by atoms with Crippen LogP contribution in [-0.4, -0.2) is 303 Å². The number of hydrogen-bond donors (Lipinski definition) is 6. The highest BCUT2D eigenvalue weighted by Gasteiger charge is 2.32. The van der Waals surface area contributed by atoms with Crippen LogP contribution in [0, 0.1) is 74.1 Å². The van der Waals surface area contributed by atoms with E-state index in [-0.39, 0.29) is 149 Å². The lowest BCUT2D eigenvalue weighted by Gasteiger charge is -2.28. The Labute approximate surface area is 678 Å². The van der Waals surface area contributed by atoms with Crippen molar-refractivity contribution >= 4 is 112 Å². The number of rotatable bonds is 46. The topological polar surface area (TPSA) is 395 Å². The van der Waals surface area contributed by atoms with Gasteiger partial charge < -0.3 is 86.9 Å². The van der Waals surface area contributed by atoms with Gasteiger partial charge in [0, 0.05) is 69.6 Å². The molecule has 1 aliphatic rings. The summed E-state index contributed by atoms with van der Waals surface area (Å²) < 4.78 is 5.48. The van der Waals surface area contributed by atoms with Gasteiger partial charge in [0.2, 0.25) is 76.8 Å². The fraction of sp³-hybridized carbons (Fsp3) is 0.457. The quantitative estimate of drug-likeness (QED) is 0.0322. The number of terminal acetylenes is 6. The molecule has 0 aromatic heterocycles. The summed E-state index contributed by atoms with van der Waals surface area (Å²) in [4.78, 5) is 186. The summed E-state index contributed by atoms with van der Waals surface area (Å²) in [6, 6.07) is 23.9. The van der Waals surface area contributed by atoms with Gasteiger partial charge in [-0.05, 0) is 72.1 Å². The summed E-state index contributed by atoms with van der Waals surface area (Å²) in [6.45, 7) is 2.81. The normalized spacial score (nSPS) is 10.4. The lowest BCUT2D eigenvalue weighted by molar-refractivity contribution is -0.144. The van der Waals surface area contributed by atoms with Crippen LogP contribution in [0.5, 0.6) is 0 Å². The Morgan fingerprint density at radius 1 is 0.430 bits per heavy atom. The number of ether oxygens (including phenoxy) is 1. The molecule has 33 heteroatoms. The van der Waals surface area contributed by atoms with Crippen molar-refractivity contribution < 1.29 is 71.9 Å². The number of fused-ring (bicyclic) bond motifs is 3. The number of carbonyl (C=O) groups is 14. The van der Waals surface area contributed by atoms with E-state index in [1.165, 1.54) is 21.7 Å². The van der Waals surface area contributed by atoms with Crippen LogP contribution in [0.1, 0.15) is 75.5 Å². The predicted molar refractivity (Wildman–Crippen MR) is 434 cm³/mol. The number of hydrogen-bond acceptors (Lipinski definition) is 17. The number of nitrogens with two attached hydrogens (primary N) is 3. The highest BCUT2D eigenvalue weighted by Crippen LogP contribution is 2.44. The van der Waals surface area contributed by atoms with Gasteiger partial charge in [-0.1, -0.05) is 117 Å². The first-order valence-electron chi connectivity index (χ1n) is 36.5. The highest BCUT2D eigenvalue weighted by atomic mass is 35.5.